The summed E-state index contributed by atoms with van der Waals surface area (Å²) in [5.74, 6) is 0.672. The lowest BCUT2D eigenvalue weighted by molar-refractivity contribution is 0.0790. The molecule has 2 rings (SSSR count). The number of likely N-dealkylation sites (tertiary alicyclic amines) is 1. The van der Waals surface area contributed by atoms with Crippen LogP contribution in [0.3, 0.4) is 0 Å². The van der Waals surface area contributed by atoms with Crippen LogP contribution in [0.25, 0.3) is 0 Å². The zero-order chi connectivity index (χ0) is 13.3. The molecule has 1 aromatic rings. The summed E-state index contributed by atoms with van der Waals surface area (Å²) in [6.45, 7) is 7.87. The Morgan fingerprint density at radius 1 is 1.56 bits per heavy atom. The van der Waals surface area contributed by atoms with Crippen LogP contribution in [0.4, 0.5) is 0 Å². The third kappa shape index (κ3) is 2.74. The van der Waals surface area contributed by atoms with Crippen LogP contribution in [0.5, 0.6) is 0 Å². The molecule has 1 atom stereocenters. The van der Waals surface area contributed by atoms with Gasteiger partial charge in [0.05, 0.1) is 5.69 Å². The molecule has 4 nitrogen and oxygen atoms in total. The minimum absolute atomic E-state index is 0.0957. The lowest BCUT2D eigenvalue weighted by Crippen LogP contribution is -2.30. The van der Waals surface area contributed by atoms with Crippen LogP contribution in [0.15, 0.2) is 0 Å². The fraction of sp³-hybridized carbons (Fsp3) is 0.750. The van der Waals surface area contributed by atoms with Gasteiger partial charge >= 0.3 is 0 Å². The number of aromatic nitrogens is 2. The largest absolute Gasteiger partial charge is 0.338 e. The van der Waals surface area contributed by atoms with Gasteiger partial charge < -0.3 is 4.90 Å². The first-order valence-electron chi connectivity index (χ1n) is 6.11. The highest BCUT2D eigenvalue weighted by Crippen LogP contribution is 2.28. The van der Waals surface area contributed by atoms with E-state index in [0.717, 1.165) is 30.5 Å². The second-order valence-electron chi connectivity index (χ2n) is 5.76. The monoisotopic (exact) mass is 331 g/mol. The van der Waals surface area contributed by atoms with Gasteiger partial charge in [0.2, 0.25) is 0 Å². The molecule has 0 aromatic carbocycles. The average Bonchev–Trinajstić information content (AvgIpc) is 2.96. The van der Waals surface area contributed by atoms with Crippen LogP contribution in [-0.2, 0) is 5.41 Å². The number of hydrogen-bond donors (Lipinski definition) is 0. The minimum Gasteiger partial charge on any atom is -0.338 e. The molecule has 1 aliphatic rings. The maximum Gasteiger partial charge on any atom is 0.267 e. The van der Waals surface area contributed by atoms with E-state index in [2.05, 4.69) is 46.3 Å². The Hall–Kier alpha value is -0.490. The molecule has 1 aliphatic heterocycles. The standard InChI is InChI=1S/C12H18BrN3OS/c1-12(2,3)10-9(18-15-14-10)11(17)16-5-4-8(6-13)7-16/h8H,4-7H2,1-3H3. The maximum atomic E-state index is 12.5. The van der Waals surface area contributed by atoms with E-state index >= 15 is 0 Å². The summed E-state index contributed by atoms with van der Waals surface area (Å²) < 4.78 is 3.96. The smallest absolute Gasteiger partial charge is 0.267 e. The molecule has 1 aromatic heterocycles. The Kier molecular flexibility index (Phi) is 4.06. The molecule has 18 heavy (non-hydrogen) atoms. The first-order valence-corrected chi connectivity index (χ1v) is 8.01. The number of nitrogens with zero attached hydrogens (tertiary/aromatic N) is 3. The molecule has 0 aliphatic carbocycles. The van der Waals surface area contributed by atoms with Gasteiger partial charge in [-0.3, -0.25) is 4.79 Å². The van der Waals surface area contributed by atoms with E-state index in [9.17, 15) is 4.79 Å². The van der Waals surface area contributed by atoms with Crippen molar-refractivity contribution in [1.82, 2.24) is 14.5 Å². The average molecular weight is 332 g/mol. The maximum absolute atomic E-state index is 12.5. The predicted octanol–water partition coefficient (Wildman–Crippen LogP) is 2.69. The second kappa shape index (κ2) is 5.25. The first-order chi connectivity index (χ1) is 8.43. The van der Waals surface area contributed by atoms with E-state index in [1.807, 2.05) is 4.90 Å². The van der Waals surface area contributed by atoms with Gasteiger partial charge in [0.15, 0.2) is 0 Å². The fourth-order valence-corrected chi connectivity index (χ4v) is 3.48. The molecule has 1 saturated heterocycles. The van der Waals surface area contributed by atoms with Crippen molar-refractivity contribution in [2.24, 2.45) is 5.92 Å². The number of carbonyl (C=O) groups excluding carboxylic acids is 1. The summed E-state index contributed by atoms with van der Waals surface area (Å²) in [6, 6.07) is 0. The lowest BCUT2D eigenvalue weighted by Gasteiger charge is -2.19. The zero-order valence-corrected chi connectivity index (χ0v) is 13.3. The normalized spacial score (nSPS) is 20.4. The molecule has 100 valence electrons. The molecule has 1 amide bonds. The topological polar surface area (TPSA) is 46.1 Å². The van der Waals surface area contributed by atoms with Crippen molar-refractivity contribution in [3.05, 3.63) is 10.6 Å². The molecular formula is C12H18BrN3OS. The highest BCUT2D eigenvalue weighted by atomic mass is 79.9. The van der Waals surface area contributed by atoms with Crippen LogP contribution >= 0.6 is 27.5 Å². The summed E-state index contributed by atoms with van der Waals surface area (Å²) >= 11 is 4.70. The molecular weight excluding hydrogens is 314 g/mol. The Labute approximate surface area is 120 Å². The van der Waals surface area contributed by atoms with Crippen molar-refractivity contribution in [2.75, 3.05) is 18.4 Å². The molecule has 1 unspecified atom stereocenters. The zero-order valence-electron chi connectivity index (χ0n) is 10.9. The summed E-state index contributed by atoms with van der Waals surface area (Å²) in [6.07, 6.45) is 1.08. The van der Waals surface area contributed by atoms with E-state index in [4.69, 9.17) is 0 Å². The molecule has 0 radical (unpaired) electrons. The van der Waals surface area contributed by atoms with E-state index in [-0.39, 0.29) is 11.3 Å². The molecule has 1 fully saturated rings. The lowest BCUT2D eigenvalue weighted by atomic mass is 9.91. The fourth-order valence-electron chi connectivity index (χ4n) is 2.11. The number of halogens is 1. The number of hydrogen-bond acceptors (Lipinski definition) is 4. The van der Waals surface area contributed by atoms with Crippen molar-refractivity contribution in [1.29, 1.82) is 0 Å². The molecule has 0 saturated carbocycles. The van der Waals surface area contributed by atoms with Gasteiger partial charge in [-0.15, -0.1) is 5.10 Å². The van der Waals surface area contributed by atoms with Gasteiger partial charge in [-0.25, -0.2) is 0 Å². The molecule has 6 heteroatoms. The Balaban J connectivity index is 2.18. The second-order valence-corrected chi connectivity index (χ2v) is 7.16. The molecule has 0 bridgehead atoms. The van der Waals surface area contributed by atoms with Crippen LogP contribution in [0.1, 0.15) is 42.6 Å². The summed E-state index contributed by atoms with van der Waals surface area (Å²) in [4.78, 5) is 15.1. The van der Waals surface area contributed by atoms with Crippen LogP contribution in [0.2, 0.25) is 0 Å². The minimum atomic E-state index is -0.132. The number of alkyl halides is 1. The van der Waals surface area contributed by atoms with Crippen molar-refractivity contribution in [2.45, 2.75) is 32.6 Å². The van der Waals surface area contributed by atoms with Crippen molar-refractivity contribution >= 4 is 33.4 Å². The molecule has 0 spiro atoms. The highest BCUT2D eigenvalue weighted by Gasteiger charge is 2.32. The van der Waals surface area contributed by atoms with Crippen LogP contribution < -0.4 is 0 Å². The SMILES string of the molecule is CC(C)(C)c1nnsc1C(=O)N1CCC(CBr)C1. The van der Waals surface area contributed by atoms with Crippen LogP contribution in [-0.4, -0.2) is 38.8 Å². The van der Waals surface area contributed by atoms with E-state index < -0.39 is 0 Å². The van der Waals surface area contributed by atoms with E-state index in [0.29, 0.717) is 10.8 Å². The summed E-state index contributed by atoms with van der Waals surface area (Å²) in [5.41, 5.74) is 0.687. The van der Waals surface area contributed by atoms with Gasteiger partial charge in [0, 0.05) is 23.8 Å². The third-order valence-electron chi connectivity index (χ3n) is 3.18. The van der Waals surface area contributed by atoms with Crippen LogP contribution in [0, 0.1) is 5.92 Å². The van der Waals surface area contributed by atoms with Gasteiger partial charge in [-0.05, 0) is 23.9 Å². The number of carbonyl (C=O) groups is 1. The van der Waals surface area contributed by atoms with Crippen molar-refractivity contribution in [3.8, 4) is 0 Å². The predicted molar refractivity (Wildman–Crippen MR) is 76.4 cm³/mol. The third-order valence-corrected chi connectivity index (χ3v) is 4.81. The van der Waals surface area contributed by atoms with Gasteiger partial charge in [-0.1, -0.05) is 41.2 Å². The molecule has 2 heterocycles. The number of rotatable bonds is 2. The quantitative estimate of drug-likeness (QED) is 0.783. The highest BCUT2D eigenvalue weighted by molar-refractivity contribution is 9.09. The van der Waals surface area contributed by atoms with Gasteiger partial charge in [0.25, 0.3) is 5.91 Å². The van der Waals surface area contributed by atoms with Crippen molar-refractivity contribution < 1.29 is 4.79 Å². The van der Waals surface area contributed by atoms with Gasteiger partial charge in [0.1, 0.15) is 4.88 Å². The van der Waals surface area contributed by atoms with Gasteiger partial charge in [-0.2, -0.15) is 0 Å². The summed E-state index contributed by atoms with van der Waals surface area (Å²) in [7, 11) is 0. The first kappa shape index (κ1) is 13.9. The Morgan fingerprint density at radius 3 is 2.83 bits per heavy atom. The van der Waals surface area contributed by atoms with E-state index in [1.54, 1.807) is 0 Å². The van der Waals surface area contributed by atoms with Crippen molar-refractivity contribution in [3.63, 3.8) is 0 Å². The molecule has 0 N–H and O–H groups in total. The summed E-state index contributed by atoms with van der Waals surface area (Å²) in [5, 5.41) is 5.09. The Morgan fingerprint density at radius 2 is 2.28 bits per heavy atom. The van der Waals surface area contributed by atoms with E-state index in [1.165, 1.54) is 11.5 Å². The number of amides is 1. The Bertz CT molecular complexity index is 441.